The van der Waals surface area contributed by atoms with Crippen molar-refractivity contribution < 1.29 is 19.1 Å². The summed E-state index contributed by atoms with van der Waals surface area (Å²) in [5.41, 5.74) is 0.206. The Morgan fingerprint density at radius 3 is 1.95 bits per heavy atom. The minimum Gasteiger partial charge on any atom is -0.462 e. The zero-order valence-corrected chi connectivity index (χ0v) is 12.1. The summed E-state index contributed by atoms with van der Waals surface area (Å²) in [6, 6.07) is 0. The molecule has 0 radical (unpaired) electrons. The van der Waals surface area contributed by atoms with Gasteiger partial charge in [0.05, 0.1) is 6.42 Å². The van der Waals surface area contributed by atoms with Crippen molar-refractivity contribution in [3.8, 4) is 0 Å². The SMILES string of the molecule is C=C(CC(=O)OC1CCCCC1)C(=O)OC1CCCC1. The van der Waals surface area contributed by atoms with Gasteiger partial charge >= 0.3 is 11.9 Å². The summed E-state index contributed by atoms with van der Waals surface area (Å²) in [5.74, 6) is -0.803. The molecule has 4 nitrogen and oxygen atoms in total. The van der Waals surface area contributed by atoms with Crippen LogP contribution < -0.4 is 0 Å². The van der Waals surface area contributed by atoms with E-state index in [1.807, 2.05) is 0 Å². The second kappa shape index (κ2) is 7.46. The number of esters is 2. The highest BCUT2D eigenvalue weighted by molar-refractivity contribution is 5.93. The van der Waals surface area contributed by atoms with E-state index in [1.165, 1.54) is 6.42 Å². The monoisotopic (exact) mass is 280 g/mol. The summed E-state index contributed by atoms with van der Waals surface area (Å²) in [6.45, 7) is 3.65. The Morgan fingerprint density at radius 1 is 0.850 bits per heavy atom. The van der Waals surface area contributed by atoms with Crippen LogP contribution in [0.5, 0.6) is 0 Å². The molecule has 2 aliphatic rings. The summed E-state index contributed by atoms with van der Waals surface area (Å²) >= 11 is 0. The zero-order valence-electron chi connectivity index (χ0n) is 12.1. The van der Waals surface area contributed by atoms with Crippen molar-refractivity contribution in [2.45, 2.75) is 76.4 Å². The molecule has 2 fully saturated rings. The first kappa shape index (κ1) is 15.1. The van der Waals surface area contributed by atoms with Crippen molar-refractivity contribution >= 4 is 11.9 Å². The maximum absolute atomic E-state index is 11.8. The topological polar surface area (TPSA) is 52.6 Å². The van der Waals surface area contributed by atoms with E-state index >= 15 is 0 Å². The van der Waals surface area contributed by atoms with Crippen LogP contribution in [0, 0.1) is 0 Å². The van der Waals surface area contributed by atoms with E-state index in [0.29, 0.717) is 0 Å². The van der Waals surface area contributed by atoms with Crippen LogP contribution >= 0.6 is 0 Å². The molecule has 2 aliphatic carbocycles. The van der Waals surface area contributed by atoms with E-state index in [0.717, 1.165) is 51.4 Å². The zero-order chi connectivity index (χ0) is 14.4. The van der Waals surface area contributed by atoms with Gasteiger partial charge in [-0.2, -0.15) is 0 Å². The largest absolute Gasteiger partial charge is 0.462 e. The average Bonchev–Trinajstić information content (AvgIpc) is 2.92. The fourth-order valence-corrected chi connectivity index (χ4v) is 2.90. The summed E-state index contributed by atoms with van der Waals surface area (Å²) in [7, 11) is 0. The van der Waals surface area contributed by atoms with Gasteiger partial charge in [0, 0.05) is 5.57 Å². The van der Waals surface area contributed by atoms with E-state index in [1.54, 1.807) is 0 Å². The number of carbonyl (C=O) groups is 2. The van der Waals surface area contributed by atoms with Crippen LogP contribution in [0.3, 0.4) is 0 Å². The van der Waals surface area contributed by atoms with Crippen molar-refractivity contribution in [2.75, 3.05) is 0 Å². The molecule has 0 N–H and O–H groups in total. The van der Waals surface area contributed by atoms with E-state index < -0.39 is 5.97 Å². The molecule has 0 atom stereocenters. The summed E-state index contributed by atoms with van der Waals surface area (Å²) in [5, 5.41) is 0. The van der Waals surface area contributed by atoms with Crippen molar-refractivity contribution in [3.63, 3.8) is 0 Å². The highest BCUT2D eigenvalue weighted by atomic mass is 16.6. The highest BCUT2D eigenvalue weighted by Crippen LogP contribution is 2.23. The lowest BCUT2D eigenvalue weighted by Gasteiger charge is -2.22. The molecule has 20 heavy (non-hydrogen) atoms. The fourth-order valence-electron chi connectivity index (χ4n) is 2.90. The van der Waals surface area contributed by atoms with E-state index in [2.05, 4.69) is 6.58 Å². The van der Waals surface area contributed by atoms with E-state index in [4.69, 9.17) is 9.47 Å². The van der Waals surface area contributed by atoms with Crippen LogP contribution in [-0.2, 0) is 19.1 Å². The predicted molar refractivity (Wildman–Crippen MR) is 75.1 cm³/mol. The van der Waals surface area contributed by atoms with Gasteiger partial charge in [-0.25, -0.2) is 4.79 Å². The Morgan fingerprint density at radius 2 is 1.35 bits per heavy atom. The van der Waals surface area contributed by atoms with Crippen molar-refractivity contribution in [3.05, 3.63) is 12.2 Å². The molecular weight excluding hydrogens is 256 g/mol. The van der Waals surface area contributed by atoms with Gasteiger partial charge in [0.15, 0.2) is 0 Å². The lowest BCUT2D eigenvalue weighted by molar-refractivity contribution is -0.152. The van der Waals surface area contributed by atoms with Gasteiger partial charge in [-0.3, -0.25) is 4.79 Å². The molecule has 112 valence electrons. The molecule has 4 heteroatoms. The molecule has 0 aromatic heterocycles. The molecule has 0 aliphatic heterocycles. The molecule has 0 aromatic carbocycles. The minimum atomic E-state index is -0.447. The molecular formula is C16H24O4. The van der Waals surface area contributed by atoms with Crippen LogP contribution in [0.4, 0.5) is 0 Å². The Bertz CT molecular complexity index is 363. The fraction of sp³-hybridized carbons (Fsp3) is 0.750. The normalized spacial score (nSPS) is 20.6. The van der Waals surface area contributed by atoms with Gasteiger partial charge in [-0.05, 0) is 51.4 Å². The van der Waals surface area contributed by atoms with Crippen molar-refractivity contribution in [1.82, 2.24) is 0 Å². The lowest BCUT2D eigenvalue weighted by Crippen LogP contribution is -2.23. The third kappa shape index (κ3) is 4.66. The number of hydrogen-bond acceptors (Lipinski definition) is 4. The second-order valence-electron chi connectivity index (χ2n) is 5.84. The van der Waals surface area contributed by atoms with E-state index in [9.17, 15) is 9.59 Å². The average molecular weight is 280 g/mol. The maximum atomic E-state index is 11.8. The second-order valence-corrected chi connectivity index (χ2v) is 5.84. The molecule has 0 bridgehead atoms. The van der Waals surface area contributed by atoms with Crippen LogP contribution in [0.1, 0.15) is 64.2 Å². The molecule has 2 saturated carbocycles. The number of rotatable bonds is 5. The van der Waals surface area contributed by atoms with Gasteiger partial charge in [-0.1, -0.05) is 13.0 Å². The Hall–Kier alpha value is -1.32. The molecule has 0 saturated heterocycles. The number of carbonyl (C=O) groups excluding carboxylic acids is 2. The smallest absolute Gasteiger partial charge is 0.334 e. The molecule has 2 rings (SSSR count). The molecule has 0 aromatic rings. The maximum Gasteiger partial charge on any atom is 0.334 e. The molecule has 0 amide bonds. The van der Waals surface area contributed by atoms with Crippen LogP contribution in [0.2, 0.25) is 0 Å². The first-order valence-corrected chi connectivity index (χ1v) is 7.73. The van der Waals surface area contributed by atoms with Crippen molar-refractivity contribution in [1.29, 1.82) is 0 Å². The molecule has 0 heterocycles. The summed E-state index contributed by atoms with van der Waals surface area (Å²) < 4.78 is 10.7. The van der Waals surface area contributed by atoms with Gasteiger partial charge in [0.2, 0.25) is 0 Å². The standard InChI is InChI=1S/C16H24O4/c1-12(16(18)20-14-9-5-6-10-14)11-15(17)19-13-7-3-2-4-8-13/h13-14H,1-11H2. The third-order valence-corrected chi connectivity index (χ3v) is 4.07. The van der Waals surface area contributed by atoms with Crippen LogP contribution in [0.25, 0.3) is 0 Å². The third-order valence-electron chi connectivity index (χ3n) is 4.07. The quantitative estimate of drug-likeness (QED) is 0.573. The lowest BCUT2D eigenvalue weighted by atomic mass is 9.98. The highest BCUT2D eigenvalue weighted by Gasteiger charge is 2.23. The van der Waals surface area contributed by atoms with Gasteiger partial charge < -0.3 is 9.47 Å². The Balaban J connectivity index is 1.69. The van der Waals surface area contributed by atoms with Crippen LogP contribution in [0.15, 0.2) is 12.2 Å². The van der Waals surface area contributed by atoms with Gasteiger partial charge in [0.1, 0.15) is 12.2 Å². The minimum absolute atomic E-state index is 0.00798. The van der Waals surface area contributed by atoms with Crippen molar-refractivity contribution in [2.24, 2.45) is 0 Å². The summed E-state index contributed by atoms with van der Waals surface area (Å²) in [4.78, 5) is 23.6. The van der Waals surface area contributed by atoms with Crippen LogP contribution in [-0.4, -0.2) is 24.1 Å². The first-order chi connectivity index (χ1) is 9.65. The first-order valence-electron chi connectivity index (χ1n) is 7.73. The summed E-state index contributed by atoms with van der Waals surface area (Å²) in [6.07, 6.45) is 9.35. The van der Waals surface area contributed by atoms with E-state index in [-0.39, 0.29) is 30.2 Å². The Kier molecular flexibility index (Phi) is 5.62. The molecule has 0 unspecified atom stereocenters. The molecule has 0 spiro atoms. The Labute approximate surface area is 120 Å². The predicted octanol–water partition coefficient (Wildman–Crippen LogP) is 3.29. The van der Waals surface area contributed by atoms with Gasteiger partial charge in [0.25, 0.3) is 0 Å². The van der Waals surface area contributed by atoms with Gasteiger partial charge in [-0.15, -0.1) is 0 Å². The number of ether oxygens (including phenoxy) is 2. The number of hydrogen-bond donors (Lipinski definition) is 0.